The molecule has 7 heteroatoms. The molecule has 31 heavy (non-hydrogen) atoms. The number of H-pyrrole nitrogens is 1. The van der Waals surface area contributed by atoms with Gasteiger partial charge in [-0.25, -0.2) is 0 Å². The van der Waals surface area contributed by atoms with Crippen LogP contribution >= 0.6 is 11.8 Å². The Hall–Kier alpha value is -2.25. The van der Waals surface area contributed by atoms with Crippen LogP contribution in [0.5, 0.6) is 0 Å². The molecular formula is C24H30N4O2S. The molecular weight excluding hydrogens is 408 g/mol. The molecule has 1 aromatic heterocycles. The first-order chi connectivity index (χ1) is 15.1. The van der Waals surface area contributed by atoms with Crippen LogP contribution in [0.15, 0.2) is 40.9 Å². The number of fused-ring (bicyclic) bond motifs is 3. The summed E-state index contributed by atoms with van der Waals surface area (Å²) in [6.45, 7) is 2.90. The summed E-state index contributed by atoms with van der Waals surface area (Å²) in [6, 6.07) is 8.20. The average Bonchev–Trinajstić information content (AvgIpc) is 3.33. The van der Waals surface area contributed by atoms with Crippen LogP contribution in [-0.4, -0.2) is 34.9 Å². The van der Waals surface area contributed by atoms with E-state index in [9.17, 15) is 9.59 Å². The quantitative estimate of drug-likeness (QED) is 0.557. The van der Waals surface area contributed by atoms with Gasteiger partial charge < -0.3 is 15.6 Å². The van der Waals surface area contributed by atoms with Crippen molar-refractivity contribution in [3.05, 3.63) is 46.5 Å². The molecule has 2 aromatic rings. The molecule has 1 aromatic carbocycles. The molecule has 1 fully saturated rings. The Labute approximate surface area is 187 Å². The predicted molar refractivity (Wildman–Crippen MR) is 124 cm³/mol. The highest BCUT2D eigenvalue weighted by Crippen LogP contribution is 2.50. The fourth-order valence-corrected chi connectivity index (χ4v) is 6.79. The number of thioether (sulfide) groups is 1. The molecule has 3 aliphatic rings. The molecule has 4 unspecified atom stereocenters. The molecule has 3 heterocycles. The normalized spacial score (nSPS) is 27.7. The van der Waals surface area contributed by atoms with E-state index in [4.69, 9.17) is 0 Å². The lowest BCUT2D eigenvalue weighted by molar-refractivity contribution is -0.128. The lowest BCUT2D eigenvalue weighted by Gasteiger charge is -2.34. The first-order valence-electron chi connectivity index (χ1n) is 11.3. The Balaban J connectivity index is 1.08. The van der Waals surface area contributed by atoms with Crippen LogP contribution in [0.25, 0.3) is 10.9 Å². The number of carbonyl (C=O) groups excluding carboxylic acids is 2. The van der Waals surface area contributed by atoms with Crippen LogP contribution in [0.2, 0.25) is 0 Å². The summed E-state index contributed by atoms with van der Waals surface area (Å²) >= 11 is 1.84. The fourth-order valence-electron chi connectivity index (χ4n) is 5.07. The van der Waals surface area contributed by atoms with Crippen molar-refractivity contribution in [2.24, 2.45) is 11.8 Å². The van der Waals surface area contributed by atoms with E-state index in [2.05, 4.69) is 40.0 Å². The maximum atomic E-state index is 12.8. The van der Waals surface area contributed by atoms with E-state index in [0.717, 1.165) is 24.8 Å². The summed E-state index contributed by atoms with van der Waals surface area (Å²) < 4.78 is 0. The minimum Gasteiger partial charge on any atom is -0.361 e. The number of hydrogen-bond acceptors (Lipinski definition) is 4. The highest BCUT2D eigenvalue weighted by molar-refractivity contribution is 8.04. The van der Waals surface area contributed by atoms with Gasteiger partial charge in [-0.2, -0.15) is 0 Å². The van der Waals surface area contributed by atoms with E-state index in [1.807, 2.05) is 30.1 Å². The minimum absolute atomic E-state index is 0.0309. The average molecular weight is 439 g/mol. The SMILES string of the molecule is CC1CCC2=C(C1)SC1NC(CCC(=O)NCCc3c[nH]c4ccccc34)NC(=O)C21. The summed E-state index contributed by atoms with van der Waals surface area (Å²) in [5.41, 5.74) is 3.69. The predicted octanol–water partition coefficient (Wildman–Crippen LogP) is 3.42. The Morgan fingerprint density at radius 1 is 1.29 bits per heavy atom. The molecule has 0 radical (unpaired) electrons. The molecule has 6 nitrogen and oxygen atoms in total. The van der Waals surface area contributed by atoms with Gasteiger partial charge in [-0.1, -0.05) is 25.1 Å². The van der Waals surface area contributed by atoms with E-state index in [0.29, 0.717) is 25.3 Å². The van der Waals surface area contributed by atoms with Crippen LogP contribution in [0.3, 0.4) is 0 Å². The number of amides is 2. The van der Waals surface area contributed by atoms with E-state index in [1.54, 1.807) is 0 Å². The highest BCUT2D eigenvalue weighted by atomic mass is 32.2. The van der Waals surface area contributed by atoms with Gasteiger partial charge in [-0.3, -0.25) is 14.9 Å². The zero-order valence-corrected chi connectivity index (χ0v) is 18.7. The van der Waals surface area contributed by atoms with Crippen molar-refractivity contribution in [2.45, 2.75) is 57.0 Å². The van der Waals surface area contributed by atoms with Crippen molar-refractivity contribution in [3.63, 3.8) is 0 Å². The van der Waals surface area contributed by atoms with E-state index in [-0.39, 0.29) is 29.3 Å². The summed E-state index contributed by atoms with van der Waals surface area (Å²) in [7, 11) is 0. The number of rotatable bonds is 6. The smallest absolute Gasteiger partial charge is 0.230 e. The number of nitrogens with one attached hydrogen (secondary N) is 4. The summed E-state index contributed by atoms with van der Waals surface area (Å²) in [6.07, 6.45) is 7.01. The Bertz CT molecular complexity index is 1030. The minimum atomic E-state index is -0.139. The number of carbonyl (C=O) groups is 2. The molecule has 4 atom stereocenters. The number of para-hydroxylation sites is 1. The third kappa shape index (κ3) is 4.26. The lowest BCUT2D eigenvalue weighted by Crippen LogP contribution is -2.59. The van der Waals surface area contributed by atoms with Crippen LogP contribution in [-0.2, 0) is 16.0 Å². The molecule has 2 aliphatic heterocycles. The van der Waals surface area contributed by atoms with Crippen molar-refractivity contribution in [2.75, 3.05) is 6.54 Å². The first kappa shape index (κ1) is 20.6. The molecule has 4 N–H and O–H groups in total. The Morgan fingerprint density at radius 2 is 2.16 bits per heavy atom. The zero-order chi connectivity index (χ0) is 21.4. The second kappa shape index (κ2) is 8.71. The van der Waals surface area contributed by atoms with Crippen LogP contribution in [0, 0.1) is 11.8 Å². The molecule has 1 saturated heterocycles. The number of benzene rings is 1. The molecule has 2 amide bonds. The van der Waals surface area contributed by atoms with Crippen molar-refractivity contribution >= 4 is 34.5 Å². The van der Waals surface area contributed by atoms with Gasteiger partial charge in [0.2, 0.25) is 11.8 Å². The molecule has 0 bridgehead atoms. The lowest BCUT2D eigenvalue weighted by atomic mass is 9.83. The molecule has 0 spiro atoms. The summed E-state index contributed by atoms with van der Waals surface area (Å²) in [5, 5.41) is 11.0. The van der Waals surface area contributed by atoms with Crippen molar-refractivity contribution < 1.29 is 9.59 Å². The number of hydrogen-bond donors (Lipinski definition) is 4. The van der Waals surface area contributed by atoms with Gasteiger partial charge in [0.25, 0.3) is 0 Å². The molecule has 0 saturated carbocycles. The van der Waals surface area contributed by atoms with Crippen molar-refractivity contribution in [3.8, 4) is 0 Å². The van der Waals surface area contributed by atoms with Gasteiger partial charge in [0.05, 0.1) is 17.5 Å². The maximum Gasteiger partial charge on any atom is 0.230 e. The van der Waals surface area contributed by atoms with Crippen LogP contribution < -0.4 is 16.0 Å². The van der Waals surface area contributed by atoms with Crippen LogP contribution in [0.1, 0.15) is 44.6 Å². The van der Waals surface area contributed by atoms with E-state index in [1.165, 1.54) is 27.8 Å². The second-order valence-corrected chi connectivity index (χ2v) is 10.3. The third-order valence-electron chi connectivity index (χ3n) is 6.76. The Morgan fingerprint density at radius 3 is 3.06 bits per heavy atom. The number of aromatic nitrogens is 1. The van der Waals surface area contributed by atoms with Gasteiger partial charge in [0.15, 0.2) is 0 Å². The monoisotopic (exact) mass is 438 g/mol. The van der Waals surface area contributed by atoms with E-state index >= 15 is 0 Å². The second-order valence-electron chi connectivity index (χ2n) is 9.04. The largest absolute Gasteiger partial charge is 0.361 e. The van der Waals surface area contributed by atoms with Crippen molar-refractivity contribution in [1.29, 1.82) is 0 Å². The number of allylic oxidation sites excluding steroid dienone is 1. The zero-order valence-electron chi connectivity index (χ0n) is 17.9. The molecule has 1 aliphatic carbocycles. The van der Waals surface area contributed by atoms with E-state index < -0.39 is 0 Å². The van der Waals surface area contributed by atoms with Crippen LogP contribution in [0.4, 0.5) is 0 Å². The molecule has 5 rings (SSSR count). The maximum absolute atomic E-state index is 12.8. The Kier molecular flexibility index (Phi) is 5.80. The van der Waals surface area contributed by atoms with Gasteiger partial charge >= 0.3 is 0 Å². The van der Waals surface area contributed by atoms with Gasteiger partial charge in [-0.15, -0.1) is 11.8 Å². The van der Waals surface area contributed by atoms with Gasteiger partial charge in [0.1, 0.15) is 0 Å². The summed E-state index contributed by atoms with van der Waals surface area (Å²) in [4.78, 5) is 29.8. The van der Waals surface area contributed by atoms with Gasteiger partial charge in [0, 0.05) is 30.1 Å². The number of aromatic amines is 1. The first-order valence-corrected chi connectivity index (χ1v) is 12.2. The van der Waals surface area contributed by atoms with Gasteiger partial charge in [-0.05, 0) is 60.1 Å². The van der Waals surface area contributed by atoms with Crippen molar-refractivity contribution in [1.82, 2.24) is 20.9 Å². The summed E-state index contributed by atoms with van der Waals surface area (Å²) in [5.74, 6) is 0.829. The fraction of sp³-hybridized carbons (Fsp3) is 0.500. The third-order valence-corrected chi connectivity index (χ3v) is 8.14. The standard InChI is InChI=1S/C24H30N4O2S/c1-14-6-7-17-19(12-14)31-24-22(17)23(30)27-20(28-24)8-9-21(29)25-11-10-15-13-26-18-5-3-2-4-16(15)18/h2-5,13-14,20,22,24,26,28H,6-12H2,1H3,(H,25,29)(H,27,30). The highest BCUT2D eigenvalue weighted by Gasteiger charge is 2.45. The topological polar surface area (TPSA) is 86.0 Å². The molecule has 164 valence electrons.